The zero-order chi connectivity index (χ0) is 18.4. The highest BCUT2D eigenvalue weighted by Crippen LogP contribution is 2.29. The van der Waals surface area contributed by atoms with Gasteiger partial charge in [0.2, 0.25) is 0 Å². The molecule has 1 fully saturated rings. The van der Waals surface area contributed by atoms with Crippen molar-refractivity contribution in [2.45, 2.75) is 57.9 Å². The molecule has 1 saturated carbocycles. The number of esters is 1. The first kappa shape index (κ1) is 19.8. The highest BCUT2D eigenvalue weighted by atomic mass is 32.2. The minimum Gasteiger partial charge on any atom is -0.455 e. The van der Waals surface area contributed by atoms with E-state index in [1.807, 2.05) is 19.9 Å². The van der Waals surface area contributed by atoms with Gasteiger partial charge in [-0.1, -0.05) is 44.4 Å². The molecule has 25 heavy (non-hydrogen) atoms. The van der Waals surface area contributed by atoms with Crippen molar-refractivity contribution < 1.29 is 14.3 Å². The molecule has 0 spiro atoms. The SMILES string of the molecule is Cc1ccc(C)c(SCC(=O)OCC(=O)N[C@@H]2CCC[C@H](C)[C@@H]2C)c1. The number of thioether (sulfide) groups is 1. The van der Waals surface area contributed by atoms with E-state index in [2.05, 4.69) is 31.3 Å². The Morgan fingerprint density at radius 2 is 2.00 bits per heavy atom. The van der Waals surface area contributed by atoms with Crippen LogP contribution in [0.1, 0.15) is 44.2 Å². The molecule has 3 atom stereocenters. The van der Waals surface area contributed by atoms with Gasteiger partial charge in [-0.25, -0.2) is 0 Å². The van der Waals surface area contributed by atoms with E-state index in [9.17, 15) is 9.59 Å². The van der Waals surface area contributed by atoms with Gasteiger partial charge >= 0.3 is 5.97 Å². The lowest BCUT2D eigenvalue weighted by molar-refractivity contribution is -0.146. The van der Waals surface area contributed by atoms with Crippen LogP contribution >= 0.6 is 11.8 Å². The van der Waals surface area contributed by atoms with E-state index < -0.39 is 0 Å². The molecule has 0 bridgehead atoms. The molecule has 0 saturated heterocycles. The molecule has 1 aliphatic carbocycles. The zero-order valence-electron chi connectivity index (χ0n) is 15.6. The Bertz CT molecular complexity index is 617. The van der Waals surface area contributed by atoms with E-state index in [1.165, 1.54) is 18.2 Å². The molecule has 0 aliphatic heterocycles. The quantitative estimate of drug-likeness (QED) is 0.615. The zero-order valence-corrected chi connectivity index (χ0v) is 16.4. The molecule has 1 aromatic carbocycles. The summed E-state index contributed by atoms with van der Waals surface area (Å²) in [4.78, 5) is 25.0. The Hall–Kier alpha value is -1.49. The molecule has 1 amide bonds. The summed E-state index contributed by atoms with van der Waals surface area (Å²) < 4.78 is 5.13. The molecule has 0 heterocycles. The third kappa shape index (κ3) is 6.07. The lowest BCUT2D eigenvalue weighted by Crippen LogP contribution is -2.45. The minimum absolute atomic E-state index is 0.191. The van der Waals surface area contributed by atoms with Crippen LogP contribution in [-0.2, 0) is 14.3 Å². The standard InChI is InChI=1S/C20H29NO3S/c1-13-8-9-15(3)18(10-13)25-12-20(23)24-11-19(22)21-17-7-5-6-14(2)16(17)4/h8-10,14,16-17H,5-7,11-12H2,1-4H3,(H,21,22)/t14-,16-,17+/m0/s1. The van der Waals surface area contributed by atoms with Crippen molar-refractivity contribution in [2.24, 2.45) is 11.8 Å². The first-order valence-electron chi connectivity index (χ1n) is 9.02. The molecule has 4 nitrogen and oxygen atoms in total. The normalized spacial score (nSPS) is 23.1. The summed E-state index contributed by atoms with van der Waals surface area (Å²) in [6.45, 7) is 8.27. The van der Waals surface area contributed by atoms with E-state index in [-0.39, 0.29) is 30.3 Å². The summed E-state index contributed by atoms with van der Waals surface area (Å²) in [5.41, 5.74) is 2.30. The molecular weight excluding hydrogens is 334 g/mol. The lowest BCUT2D eigenvalue weighted by Gasteiger charge is -2.34. The molecule has 5 heteroatoms. The number of hydrogen-bond acceptors (Lipinski definition) is 4. The van der Waals surface area contributed by atoms with Gasteiger partial charge in [-0.2, -0.15) is 0 Å². The smallest absolute Gasteiger partial charge is 0.316 e. The third-order valence-electron chi connectivity index (χ3n) is 5.11. The second kappa shape index (κ2) is 9.27. The molecular formula is C20H29NO3S. The van der Waals surface area contributed by atoms with Crippen molar-refractivity contribution in [3.63, 3.8) is 0 Å². The number of amides is 1. The van der Waals surface area contributed by atoms with E-state index in [0.29, 0.717) is 11.8 Å². The average Bonchev–Trinajstić information content (AvgIpc) is 2.58. The number of rotatable bonds is 6. The van der Waals surface area contributed by atoms with Crippen molar-refractivity contribution in [3.8, 4) is 0 Å². The van der Waals surface area contributed by atoms with Gasteiger partial charge in [0.15, 0.2) is 6.61 Å². The van der Waals surface area contributed by atoms with E-state index >= 15 is 0 Å². The molecule has 0 radical (unpaired) electrons. The largest absolute Gasteiger partial charge is 0.455 e. The number of nitrogens with one attached hydrogen (secondary N) is 1. The molecule has 1 N–H and O–H groups in total. The maximum absolute atomic E-state index is 12.0. The number of benzene rings is 1. The van der Waals surface area contributed by atoms with Crippen molar-refractivity contribution in [1.82, 2.24) is 5.32 Å². The Morgan fingerprint density at radius 3 is 2.76 bits per heavy atom. The molecule has 1 aromatic rings. The van der Waals surface area contributed by atoms with Gasteiger partial charge < -0.3 is 10.1 Å². The summed E-state index contributed by atoms with van der Waals surface area (Å²) in [6, 6.07) is 6.35. The fraction of sp³-hybridized carbons (Fsp3) is 0.600. The Labute approximate surface area is 155 Å². The van der Waals surface area contributed by atoms with Gasteiger partial charge in [-0.15, -0.1) is 11.8 Å². The van der Waals surface area contributed by atoms with Crippen LogP contribution in [0.4, 0.5) is 0 Å². The highest BCUT2D eigenvalue weighted by molar-refractivity contribution is 8.00. The molecule has 0 unspecified atom stereocenters. The monoisotopic (exact) mass is 363 g/mol. The van der Waals surface area contributed by atoms with Crippen molar-refractivity contribution in [2.75, 3.05) is 12.4 Å². The summed E-state index contributed by atoms with van der Waals surface area (Å²) >= 11 is 1.45. The third-order valence-corrected chi connectivity index (χ3v) is 6.24. The van der Waals surface area contributed by atoms with Crippen LogP contribution < -0.4 is 5.32 Å². The Balaban J connectivity index is 1.72. The van der Waals surface area contributed by atoms with Crippen LogP contribution in [0.25, 0.3) is 0 Å². The summed E-state index contributed by atoms with van der Waals surface area (Å²) in [5.74, 6) is 0.750. The van der Waals surface area contributed by atoms with E-state index in [4.69, 9.17) is 4.74 Å². The number of hydrogen-bond donors (Lipinski definition) is 1. The van der Waals surface area contributed by atoms with Gasteiger partial charge in [0, 0.05) is 10.9 Å². The van der Waals surface area contributed by atoms with Crippen LogP contribution in [-0.4, -0.2) is 30.3 Å². The Kier molecular flexibility index (Phi) is 7.36. The topological polar surface area (TPSA) is 55.4 Å². The Morgan fingerprint density at radius 1 is 1.24 bits per heavy atom. The lowest BCUT2D eigenvalue weighted by atomic mass is 9.78. The van der Waals surface area contributed by atoms with Crippen molar-refractivity contribution in [1.29, 1.82) is 0 Å². The minimum atomic E-state index is -0.355. The summed E-state index contributed by atoms with van der Waals surface area (Å²) in [5, 5.41) is 3.02. The van der Waals surface area contributed by atoms with Gasteiger partial charge in [-0.3, -0.25) is 9.59 Å². The van der Waals surface area contributed by atoms with E-state index in [1.54, 1.807) is 0 Å². The van der Waals surface area contributed by atoms with Gasteiger partial charge in [0.05, 0.1) is 5.75 Å². The maximum atomic E-state index is 12.0. The van der Waals surface area contributed by atoms with Crippen molar-refractivity contribution >= 4 is 23.6 Å². The molecule has 1 aliphatic rings. The molecule has 2 rings (SSSR count). The molecule has 0 aromatic heterocycles. The molecule has 138 valence electrons. The number of carbonyl (C=O) groups is 2. The summed E-state index contributed by atoms with van der Waals surface area (Å²) in [7, 11) is 0. The van der Waals surface area contributed by atoms with Crippen LogP contribution in [0.5, 0.6) is 0 Å². The highest BCUT2D eigenvalue weighted by Gasteiger charge is 2.28. The first-order chi connectivity index (χ1) is 11.9. The van der Waals surface area contributed by atoms with Gasteiger partial charge in [-0.05, 0) is 43.7 Å². The number of aryl methyl sites for hydroxylation is 2. The predicted octanol–water partition coefficient (Wildman–Crippen LogP) is 3.88. The number of carbonyl (C=O) groups excluding carboxylic acids is 2. The van der Waals surface area contributed by atoms with Crippen LogP contribution in [0.15, 0.2) is 23.1 Å². The predicted molar refractivity (Wildman–Crippen MR) is 102 cm³/mol. The van der Waals surface area contributed by atoms with Crippen LogP contribution in [0.2, 0.25) is 0 Å². The van der Waals surface area contributed by atoms with Crippen LogP contribution in [0.3, 0.4) is 0 Å². The first-order valence-corrected chi connectivity index (χ1v) is 10.0. The van der Waals surface area contributed by atoms with Gasteiger partial charge in [0.1, 0.15) is 0 Å². The van der Waals surface area contributed by atoms with Crippen molar-refractivity contribution in [3.05, 3.63) is 29.3 Å². The van der Waals surface area contributed by atoms with E-state index in [0.717, 1.165) is 28.9 Å². The second-order valence-corrected chi connectivity index (χ2v) is 8.18. The number of ether oxygens (including phenoxy) is 1. The average molecular weight is 364 g/mol. The maximum Gasteiger partial charge on any atom is 0.316 e. The van der Waals surface area contributed by atoms with Gasteiger partial charge in [0.25, 0.3) is 5.91 Å². The summed E-state index contributed by atoms with van der Waals surface area (Å²) in [6.07, 6.45) is 3.37. The van der Waals surface area contributed by atoms with Crippen LogP contribution in [0, 0.1) is 25.7 Å². The fourth-order valence-electron chi connectivity index (χ4n) is 3.22. The second-order valence-electron chi connectivity index (χ2n) is 7.16. The fourth-order valence-corrected chi connectivity index (χ4v) is 4.14.